The summed E-state index contributed by atoms with van der Waals surface area (Å²) in [5, 5.41) is 24.0. The van der Waals surface area contributed by atoms with Gasteiger partial charge in [-0.15, -0.1) is 0 Å². The molecule has 0 saturated carbocycles. The van der Waals surface area contributed by atoms with Gasteiger partial charge >= 0.3 is 17.1 Å². The first-order chi connectivity index (χ1) is 6.99. The molecule has 1 rings (SSSR count). The second-order valence-electron chi connectivity index (χ2n) is 2.38. The van der Waals surface area contributed by atoms with Crippen LogP contribution in [0.25, 0.3) is 0 Å². The molecule has 9 nitrogen and oxygen atoms in total. The molecule has 0 radical (unpaired) electrons. The van der Waals surface area contributed by atoms with Crippen LogP contribution in [-0.4, -0.2) is 49.6 Å². The Morgan fingerprint density at radius 2 is 1.13 bits per heavy atom. The van der Waals surface area contributed by atoms with Gasteiger partial charge in [-0.25, -0.2) is 14.4 Å². The SMILES string of the molecule is O=c1[nH]c(=O)[nH]c(=O)[nH]1.OCC(O)CO. The van der Waals surface area contributed by atoms with Crippen molar-refractivity contribution in [3.63, 3.8) is 0 Å². The fourth-order valence-electron chi connectivity index (χ4n) is 0.461. The van der Waals surface area contributed by atoms with Crippen molar-refractivity contribution >= 4 is 0 Å². The lowest BCUT2D eigenvalue weighted by Crippen LogP contribution is -2.34. The smallest absolute Gasteiger partial charge is 0.330 e. The van der Waals surface area contributed by atoms with Crippen LogP contribution >= 0.6 is 0 Å². The molecular weight excluding hydrogens is 210 g/mol. The zero-order valence-corrected chi connectivity index (χ0v) is 7.56. The molecule has 1 aromatic heterocycles. The molecule has 0 spiro atoms. The van der Waals surface area contributed by atoms with Gasteiger partial charge in [-0.2, -0.15) is 0 Å². The standard InChI is InChI=1S/C3H3N3O3.C3H8O3/c7-1-4-2(8)6-3(9)5-1;4-1-3(6)2-5/h(H3,4,5,6,7,8,9);3-6H,1-2H2. The van der Waals surface area contributed by atoms with Gasteiger partial charge in [0.05, 0.1) is 13.2 Å². The molecule has 1 heterocycles. The summed E-state index contributed by atoms with van der Waals surface area (Å²) in [5.41, 5.74) is -2.41. The number of aliphatic hydroxyl groups is 3. The summed E-state index contributed by atoms with van der Waals surface area (Å²) < 4.78 is 0. The van der Waals surface area contributed by atoms with Gasteiger partial charge in [0.2, 0.25) is 0 Å². The maximum absolute atomic E-state index is 10.2. The Bertz CT molecular complexity index is 349. The van der Waals surface area contributed by atoms with Gasteiger partial charge in [0.15, 0.2) is 0 Å². The fourth-order valence-corrected chi connectivity index (χ4v) is 0.461. The lowest BCUT2D eigenvalue weighted by atomic mass is 10.4. The van der Waals surface area contributed by atoms with Gasteiger partial charge < -0.3 is 15.3 Å². The van der Waals surface area contributed by atoms with Crippen LogP contribution in [0.3, 0.4) is 0 Å². The fraction of sp³-hybridized carbons (Fsp3) is 0.500. The third-order valence-corrected chi connectivity index (χ3v) is 1.10. The summed E-state index contributed by atoms with van der Waals surface area (Å²) in [6.45, 7) is -0.729. The van der Waals surface area contributed by atoms with Crippen LogP contribution in [0.2, 0.25) is 0 Å². The van der Waals surface area contributed by atoms with Crippen LogP contribution in [0, 0.1) is 0 Å². The molecule has 0 unspecified atom stereocenters. The summed E-state index contributed by atoms with van der Waals surface area (Å²) >= 11 is 0. The summed E-state index contributed by atoms with van der Waals surface area (Å²) in [7, 11) is 0. The second-order valence-corrected chi connectivity index (χ2v) is 2.38. The Kier molecular flexibility index (Phi) is 5.94. The highest BCUT2D eigenvalue weighted by atomic mass is 16.3. The maximum atomic E-state index is 10.2. The molecule has 0 aliphatic carbocycles. The van der Waals surface area contributed by atoms with Crippen LogP contribution in [0.1, 0.15) is 0 Å². The van der Waals surface area contributed by atoms with Crippen molar-refractivity contribution in [1.82, 2.24) is 15.0 Å². The first-order valence-corrected chi connectivity index (χ1v) is 3.82. The molecule has 1 aromatic rings. The number of aromatic amines is 3. The van der Waals surface area contributed by atoms with E-state index in [1.54, 1.807) is 15.0 Å². The molecule has 0 aliphatic rings. The van der Waals surface area contributed by atoms with E-state index in [0.717, 1.165) is 0 Å². The third kappa shape index (κ3) is 6.37. The van der Waals surface area contributed by atoms with E-state index in [4.69, 9.17) is 15.3 Å². The zero-order chi connectivity index (χ0) is 11.8. The van der Waals surface area contributed by atoms with Crippen LogP contribution in [0.15, 0.2) is 14.4 Å². The number of hydrogen-bond acceptors (Lipinski definition) is 6. The Morgan fingerprint density at radius 3 is 1.27 bits per heavy atom. The zero-order valence-electron chi connectivity index (χ0n) is 7.56. The number of aromatic nitrogens is 3. The molecule has 0 fully saturated rings. The van der Waals surface area contributed by atoms with Crippen LogP contribution in [-0.2, 0) is 0 Å². The normalized spacial score (nSPS) is 9.60. The van der Waals surface area contributed by atoms with E-state index >= 15 is 0 Å². The van der Waals surface area contributed by atoms with Crippen molar-refractivity contribution in [2.75, 3.05) is 13.2 Å². The van der Waals surface area contributed by atoms with E-state index in [2.05, 4.69) is 0 Å². The summed E-state index contributed by atoms with van der Waals surface area (Å²) in [6.07, 6.45) is -0.954. The van der Waals surface area contributed by atoms with Crippen molar-refractivity contribution in [3.05, 3.63) is 31.5 Å². The Labute approximate surface area is 82.1 Å². The van der Waals surface area contributed by atoms with E-state index in [-0.39, 0.29) is 13.2 Å². The molecule has 0 aromatic carbocycles. The Balaban J connectivity index is 0.000000288. The highest BCUT2D eigenvalue weighted by Gasteiger charge is 1.93. The van der Waals surface area contributed by atoms with Crippen molar-refractivity contribution in [1.29, 1.82) is 0 Å². The predicted octanol–water partition coefficient (Wildman–Crippen LogP) is -3.92. The number of hydrogen-bond donors (Lipinski definition) is 6. The van der Waals surface area contributed by atoms with Gasteiger partial charge in [-0.1, -0.05) is 0 Å². The van der Waals surface area contributed by atoms with Gasteiger partial charge in [0, 0.05) is 0 Å². The van der Waals surface area contributed by atoms with Crippen molar-refractivity contribution < 1.29 is 15.3 Å². The quantitative estimate of drug-likeness (QED) is 0.299. The number of nitrogens with one attached hydrogen (secondary N) is 3. The number of H-pyrrole nitrogens is 3. The molecule has 86 valence electrons. The number of aliphatic hydroxyl groups excluding tert-OH is 3. The Morgan fingerprint density at radius 1 is 0.867 bits per heavy atom. The van der Waals surface area contributed by atoms with Gasteiger partial charge in [-0.05, 0) is 0 Å². The lowest BCUT2D eigenvalue weighted by Gasteiger charge is -1.96. The van der Waals surface area contributed by atoms with E-state index in [0.29, 0.717) is 0 Å². The third-order valence-electron chi connectivity index (χ3n) is 1.10. The predicted molar refractivity (Wildman–Crippen MR) is 48.5 cm³/mol. The van der Waals surface area contributed by atoms with Gasteiger partial charge in [0.25, 0.3) is 0 Å². The van der Waals surface area contributed by atoms with Crippen molar-refractivity contribution in [2.24, 2.45) is 0 Å². The molecule has 0 bridgehead atoms. The maximum Gasteiger partial charge on any atom is 0.330 e. The summed E-state index contributed by atoms with van der Waals surface area (Å²) in [4.78, 5) is 35.9. The second kappa shape index (κ2) is 6.70. The summed E-state index contributed by atoms with van der Waals surface area (Å²) in [6, 6.07) is 0. The summed E-state index contributed by atoms with van der Waals surface area (Å²) in [5.74, 6) is 0. The van der Waals surface area contributed by atoms with Crippen LogP contribution in [0.5, 0.6) is 0 Å². The molecule has 15 heavy (non-hydrogen) atoms. The molecule has 0 aliphatic heterocycles. The average Bonchev–Trinajstić information content (AvgIpc) is 2.15. The molecule has 6 N–H and O–H groups in total. The minimum absolute atomic E-state index is 0.365. The monoisotopic (exact) mass is 221 g/mol. The highest BCUT2D eigenvalue weighted by molar-refractivity contribution is 4.60. The number of rotatable bonds is 2. The first-order valence-electron chi connectivity index (χ1n) is 3.82. The minimum atomic E-state index is -0.954. The largest absolute Gasteiger partial charge is 0.394 e. The molecule has 9 heteroatoms. The molecule has 0 saturated heterocycles. The van der Waals surface area contributed by atoms with Crippen molar-refractivity contribution in [3.8, 4) is 0 Å². The van der Waals surface area contributed by atoms with E-state index in [1.807, 2.05) is 0 Å². The van der Waals surface area contributed by atoms with Crippen LogP contribution < -0.4 is 17.1 Å². The van der Waals surface area contributed by atoms with E-state index < -0.39 is 23.2 Å². The van der Waals surface area contributed by atoms with Crippen molar-refractivity contribution in [2.45, 2.75) is 6.10 Å². The highest BCUT2D eigenvalue weighted by Crippen LogP contribution is 1.71. The Hall–Kier alpha value is -1.71. The molecule has 0 atom stereocenters. The topological polar surface area (TPSA) is 159 Å². The van der Waals surface area contributed by atoms with E-state index in [1.165, 1.54) is 0 Å². The van der Waals surface area contributed by atoms with Crippen LogP contribution in [0.4, 0.5) is 0 Å². The minimum Gasteiger partial charge on any atom is -0.394 e. The molecule has 0 amide bonds. The van der Waals surface area contributed by atoms with Gasteiger partial charge in [-0.3, -0.25) is 15.0 Å². The molecular formula is C6H11N3O6. The lowest BCUT2D eigenvalue weighted by molar-refractivity contribution is 0.0450. The average molecular weight is 221 g/mol. The van der Waals surface area contributed by atoms with Gasteiger partial charge in [0.1, 0.15) is 6.10 Å². The van der Waals surface area contributed by atoms with E-state index in [9.17, 15) is 14.4 Å². The first kappa shape index (κ1) is 13.3.